The lowest BCUT2D eigenvalue weighted by molar-refractivity contribution is -0.142. The Hall–Kier alpha value is -1.66. The smallest absolute Gasteiger partial charge is 0.328 e. The highest BCUT2D eigenvalue weighted by molar-refractivity contribution is 5.96. The van der Waals surface area contributed by atoms with Gasteiger partial charge < -0.3 is 15.8 Å². The molecule has 0 aliphatic carbocycles. The van der Waals surface area contributed by atoms with Gasteiger partial charge in [-0.25, -0.2) is 4.79 Å². The van der Waals surface area contributed by atoms with Crippen LogP contribution >= 0.6 is 12.4 Å². The molecule has 0 spiro atoms. The molecule has 1 atom stereocenters. The number of nitrogens with one attached hydrogen (secondary N) is 1. The summed E-state index contributed by atoms with van der Waals surface area (Å²) in [4.78, 5) is 26.9. The van der Waals surface area contributed by atoms with E-state index in [9.17, 15) is 9.59 Å². The molecule has 1 rings (SSSR count). The maximum absolute atomic E-state index is 11.8. The third kappa shape index (κ3) is 4.31. The Balaban J connectivity index is 0.00000289. The molecule has 0 fully saturated rings. The van der Waals surface area contributed by atoms with Crippen molar-refractivity contribution in [1.29, 1.82) is 0 Å². The van der Waals surface area contributed by atoms with E-state index in [1.807, 2.05) is 0 Å². The number of ether oxygens (including phenoxy) is 1. The predicted octanol–water partition coefficient (Wildman–Crippen LogP) is 0.253. The third-order valence-electron chi connectivity index (χ3n) is 2.19. The maximum atomic E-state index is 11.8. The molecule has 0 aliphatic rings. The molecule has 0 saturated heterocycles. The number of hydrogen-bond donors (Lipinski definition) is 2. The van der Waals surface area contributed by atoms with Crippen molar-refractivity contribution >= 4 is 24.3 Å². The predicted molar refractivity (Wildman–Crippen MR) is 68.3 cm³/mol. The van der Waals surface area contributed by atoms with Crippen LogP contribution in [0.15, 0.2) is 18.3 Å². The highest BCUT2D eigenvalue weighted by Gasteiger charge is 2.16. The van der Waals surface area contributed by atoms with Crippen LogP contribution in [-0.4, -0.2) is 30.0 Å². The number of pyridine rings is 1. The molecule has 1 aromatic rings. The normalized spacial score (nSPS) is 11.1. The van der Waals surface area contributed by atoms with Crippen LogP contribution in [0.5, 0.6) is 0 Å². The third-order valence-corrected chi connectivity index (χ3v) is 2.19. The second-order valence-corrected chi connectivity index (χ2v) is 3.46. The van der Waals surface area contributed by atoms with Gasteiger partial charge in [-0.1, -0.05) is 0 Å². The van der Waals surface area contributed by atoms with Crippen LogP contribution < -0.4 is 11.1 Å². The van der Waals surface area contributed by atoms with E-state index in [1.54, 1.807) is 19.1 Å². The van der Waals surface area contributed by atoms with Gasteiger partial charge in [-0.15, -0.1) is 12.4 Å². The van der Waals surface area contributed by atoms with E-state index < -0.39 is 12.0 Å². The minimum absolute atomic E-state index is 0. The standard InChI is InChI=1S/C11H15N3O3.ClH/c1-7(11(16)17-2)14-10(15)8-3-4-13-9(5-8)6-12;/h3-5,7H,6,12H2,1-2H3,(H,14,15);1H. The molecular weight excluding hydrogens is 258 g/mol. The van der Waals surface area contributed by atoms with Gasteiger partial charge in [0.15, 0.2) is 0 Å². The van der Waals surface area contributed by atoms with E-state index in [2.05, 4.69) is 15.0 Å². The average Bonchev–Trinajstić information content (AvgIpc) is 2.37. The molecule has 3 N–H and O–H groups in total. The second-order valence-electron chi connectivity index (χ2n) is 3.46. The Labute approximate surface area is 111 Å². The van der Waals surface area contributed by atoms with Crippen LogP contribution in [0.4, 0.5) is 0 Å². The molecule has 0 aromatic carbocycles. The summed E-state index contributed by atoms with van der Waals surface area (Å²) in [5, 5.41) is 2.52. The van der Waals surface area contributed by atoms with Gasteiger partial charge in [0.1, 0.15) is 6.04 Å². The number of nitrogens with zero attached hydrogens (tertiary/aromatic N) is 1. The van der Waals surface area contributed by atoms with Crippen molar-refractivity contribution in [2.45, 2.75) is 19.5 Å². The summed E-state index contributed by atoms with van der Waals surface area (Å²) in [7, 11) is 1.27. The van der Waals surface area contributed by atoms with E-state index in [0.717, 1.165) is 0 Å². The first-order chi connectivity index (χ1) is 8.08. The summed E-state index contributed by atoms with van der Waals surface area (Å²) in [5.41, 5.74) is 6.45. The largest absolute Gasteiger partial charge is 0.467 e. The van der Waals surface area contributed by atoms with Crippen LogP contribution in [0.1, 0.15) is 23.0 Å². The Morgan fingerprint density at radius 1 is 1.56 bits per heavy atom. The molecule has 7 heteroatoms. The molecule has 0 radical (unpaired) electrons. The zero-order valence-corrected chi connectivity index (χ0v) is 11.0. The van der Waals surface area contributed by atoms with Crippen molar-refractivity contribution in [2.75, 3.05) is 7.11 Å². The van der Waals surface area contributed by atoms with Crippen molar-refractivity contribution < 1.29 is 14.3 Å². The molecule has 0 aliphatic heterocycles. The van der Waals surface area contributed by atoms with E-state index in [4.69, 9.17) is 5.73 Å². The molecule has 1 heterocycles. The van der Waals surface area contributed by atoms with Gasteiger partial charge in [0.05, 0.1) is 12.8 Å². The van der Waals surface area contributed by atoms with Crippen molar-refractivity contribution in [3.8, 4) is 0 Å². The number of amides is 1. The first-order valence-electron chi connectivity index (χ1n) is 5.12. The molecule has 1 unspecified atom stereocenters. The number of methoxy groups -OCH3 is 1. The van der Waals surface area contributed by atoms with Crippen molar-refractivity contribution in [2.24, 2.45) is 5.73 Å². The monoisotopic (exact) mass is 273 g/mol. The lowest BCUT2D eigenvalue weighted by Crippen LogP contribution is -2.39. The van der Waals surface area contributed by atoms with Crippen LogP contribution in [0.25, 0.3) is 0 Å². The SMILES string of the molecule is COC(=O)C(C)NC(=O)c1ccnc(CN)c1.Cl. The highest BCUT2D eigenvalue weighted by atomic mass is 35.5. The first kappa shape index (κ1) is 16.3. The van der Waals surface area contributed by atoms with Crippen LogP contribution in [-0.2, 0) is 16.1 Å². The van der Waals surface area contributed by atoms with Gasteiger partial charge in [0.2, 0.25) is 0 Å². The summed E-state index contributed by atoms with van der Waals surface area (Å²) in [5.74, 6) is -0.855. The summed E-state index contributed by atoms with van der Waals surface area (Å²) in [6.45, 7) is 1.81. The fraction of sp³-hybridized carbons (Fsp3) is 0.364. The van der Waals surface area contributed by atoms with Crippen LogP contribution in [0.3, 0.4) is 0 Å². The number of hydrogen-bond acceptors (Lipinski definition) is 5. The fourth-order valence-electron chi connectivity index (χ4n) is 1.25. The van der Waals surface area contributed by atoms with E-state index in [-0.39, 0.29) is 24.9 Å². The first-order valence-corrected chi connectivity index (χ1v) is 5.12. The quantitative estimate of drug-likeness (QED) is 0.767. The van der Waals surface area contributed by atoms with Gasteiger partial charge in [0, 0.05) is 18.3 Å². The minimum atomic E-state index is -0.693. The van der Waals surface area contributed by atoms with E-state index in [1.165, 1.54) is 13.3 Å². The Bertz CT molecular complexity index is 426. The van der Waals surface area contributed by atoms with Gasteiger partial charge in [0.25, 0.3) is 5.91 Å². The Kier molecular flexibility index (Phi) is 6.92. The summed E-state index contributed by atoms with van der Waals surface area (Å²) < 4.78 is 4.51. The molecule has 0 bridgehead atoms. The van der Waals surface area contributed by atoms with Crippen LogP contribution in [0, 0.1) is 0 Å². The molecule has 1 amide bonds. The molecule has 0 saturated carbocycles. The van der Waals surface area contributed by atoms with Gasteiger partial charge >= 0.3 is 5.97 Å². The van der Waals surface area contributed by atoms with Gasteiger partial charge in [-0.05, 0) is 19.1 Å². The van der Waals surface area contributed by atoms with Crippen molar-refractivity contribution in [3.05, 3.63) is 29.6 Å². The number of esters is 1. The molecule has 18 heavy (non-hydrogen) atoms. The molecular formula is C11H16ClN3O3. The zero-order chi connectivity index (χ0) is 12.8. The van der Waals surface area contributed by atoms with Crippen molar-refractivity contribution in [1.82, 2.24) is 10.3 Å². The van der Waals surface area contributed by atoms with E-state index >= 15 is 0 Å². The lowest BCUT2D eigenvalue weighted by Gasteiger charge is -2.11. The fourth-order valence-corrected chi connectivity index (χ4v) is 1.25. The topological polar surface area (TPSA) is 94.3 Å². The number of aromatic nitrogens is 1. The molecule has 100 valence electrons. The Morgan fingerprint density at radius 3 is 2.78 bits per heavy atom. The van der Waals surface area contributed by atoms with E-state index in [0.29, 0.717) is 11.3 Å². The maximum Gasteiger partial charge on any atom is 0.328 e. The number of rotatable bonds is 4. The van der Waals surface area contributed by atoms with Gasteiger partial charge in [-0.2, -0.15) is 0 Å². The second kappa shape index (κ2) is 7.62. The summed E-state index contributed by atoms with van der Waals surface area (Å²) in [6, 6.07) is 2.44. The van der Waals surface area contributed by atoms with Crippen LogP contribution in [0.2, 0.25) is 0 Å². The highest BCUT2D eigenvalue weighted by Crippen LogP contribution is 2.02. The molecule has 6 nitrogen and oxygen atoms in total. The Morgan fingerprint density at radius 2 is 2.22 bits per heavy atom. The zero-order valence-electron chi connectivity index (χ0n) is 10.2. The molecule has 1 aromatic heterocycles. The number of nitrogens with two attached hydrogens (primary N) is 1. The minimum Gasteiger partial charge on any atom is -0.467 e. The summed E-state index contributed by atoms with van der Waals surface area (Å²) >= 11 is 0. The lowest BCUT2D eigenvalue weighted by atomic mass is 10.2. The summed E-state index contributed by atoms with van der Waals surface area (Å²) in [6.07, 6.45) is 1.50. The van der Waals surface area contributed by atoms with Gasteiger partial charge in [-0.3, -0.25) is 9.78 Å². The number of halogens is 1. The number of carbonyl (C=O) groups excluding carboxylic acids is 2. The van der Waals surface area contributed by atoms with Crippen molar-refractivity contribution in [3.63, 3.8) is 0 Å². The number of carbonyl (C=O) groups is 2. The average molecular weight is 274 g/mol.